The summed E-state index contributed by atoms with van der Waals surface area (Å²) in [5.74, 6) is -0.247. The molecule has 0 radical (unpaired) electrons. The van der Waals surface area contributed by atoms with Gasteiger partial charge in [-0.15, -0.1) is 0 Å². The minimum absolute atomic E-state index is 0.172. The fourth-order valence-corrected chi connectivity index (χ4v) is 2.53. The van der Waals surface area contributed by atoms with Crippen molar-refractivity contribution in [3.63, 3.8) is 0 Å². The number of halogens is 4. The molecule has 1 aromatic rings. The van der Waals surface area contributed by atoms with Gasteiger partial charge in [0.2, 0.25) is 0 Å². The van der Waals surface area contributed by atoms with E-state index >= 15 is 0 Å². The van der Waals surface area contributed by atoms with Crippen LogP contribution in [0.25, 0.3) is 0 Å². The van der Waals surface area contributed by atoms with E-state index in [1.807, 2.05) is 19.0 Å². The van der Waals surface area contributed by atoms with E-state index in [-0.39, 0.29) is 15.9 Å². The molecule has 0 bridgehead atoms. The van der Waals surface area contributed by atoms with Gasteiger partial charge in [-0.2, -0.15) is 13.2 Å². The molecule has 0 saturated carbocycles. The Morgan fingerprint density at radius 2 is 1.95 bits per heavy atom. The van der Waals surface area contributed by atoms with Crippen LogP contribution < -0.4 is 0 Å². The second-order valence-electron chi connectivity index (χ2n) is 5.02. The van der Waals surface area contributed by atoms with Gasteiger partial charge in [0.15, 0.2) is 0 Å². The Labute approximate surface area is 123 Å². The lowest BCUT2D eigenvalue weighted by Gasteiger charge is -2.42. The van der Waals surface area contributed by atoms with Gasteiger partial charge < -0.3 is 9.80 Å². The van der Waals surface area contributed by atoms with Crippen molar-refractivity contribution < 1.29 is 18.0 Å². The minimum Gasteiger partial charge on any atom is -0.335 e. The summed E-state index contributed by atoms with van der Waals surface area (Å²) in [6, 6.07) is 3.41. The Morgan fingerprint density at radius 1 is 1.35 bits per heavy atom. The molecule has 0 spiro atoms. The lowest BCUT2D eigenvalue weighted by molar-refractivity contribution is -0.137. The van der Waals surface area contributed by atoms with Crippen LogP contribution in [0.5, 0.6) is 0 Å². The Hall–Kier alpha value is -1.08. The first-order chi connectivity index (χ1) is 9.20. The standard InChI is InChI=1S/C13H14BrF3N2O/c1-18(2)9-6-19(7-9)12(20)10-4-3-8(5-11(10)14)13(15,16)17/h3-5,9H,6-7H2,1-2H3. The van der Waals surface area contributed by atoms with E-state index in [1.54, 1.807) is 4.90 Å². The van der Waals surface area contributed by atoms with E-state index in [4.69, 9.17) is 0 Å². The summed E-state index contributed by atoms with van der Waals surface area (Å²) in [6.45, 7) is 1.19. The van der Waals surface area contributed by atoms with Gasteiger partial charge in [0.25, 0.3) is 5.91 Å². The molecular weight excluding hydrogens is 337 g/mol. The minimum atomic E-state index is -4.41. The number of hydrogen-bond acceptors (Lipinski definition) is 2. The molecule has 0 unspecified atom stereocenters. The Balaban J connectivity index is 2.12. The topological polar surface area (TPSA) is 23.6 Å². The van der Waals surface area contributed by atoms with E-state index in [9.17, 15) is 18.0 Å². The molecule has 1 aromatic carbocycles. The second kappa shape index (κ2) is 5.37. The predicted molar refractivity (Wildman–Crippen MR) is 72.5 cm³/mol. The smallest absolute Gasteiger partial charge is 0.335 e. The van der Waals surface area contributed by atoms with Gasteiger partial charge in [-0.25, -0.2) is 0 Å². The van der Waals surface area contributed by atoms with Crippen LogP contribution in [0, 0.1) is 0 Å². The van der Waals surface area contributed by atoms with Crippen LogP contribution in [0.1, 0.15) is 15.9 Å². The number of benzene rings is 1. The Kier molecular flexibility index (Phi) is 4.11. The van der Waals surface area contributed by atoms with Crippen LogP contribution in [0.2, 0.25) is 0 Å². The van der Waals surface area contributed by atoms with Gasteiger partial charge in [-0.05, 0) is 48.2 Å². The van der Waals surface area contributed by atoms with Crippen LogP contribution in [-0.2, 0) is 6.18 Å². The molecule has 3 nitrogen and oxygen atoms in total. The third-order valence-electron chi connectivity index (χ3n) is 3.41. The molecule has 0 aliphatic carbocycles. The maximum Gasteiger partial charge on any atom is 0.416 e. The van der Waals surface area contributed by atoms with Crippen molar-refractivity contribution in [1.29, 1.82) is 0 Å². The quantitative estimate of drug-likeness (QED) is 0.818. The molecule has 1 heterocycles. The number of alkyl halides is 3. The zero-order valence-corrected chi connectivity index (χ0v) is 12.6. The Bertz CT molecular complexity index is 525. The first-order valence-electron chi connectivity index (χ1n) is 6.02. The first kappa shape index (κ1) is 15.3. The molecule has 1 amide bonds. The second-order valence-corrected chi connectivity index (χ2v) is 5.87. The highest BCUT2D eigenvalue weighted by atomic mass is 79.9. The molecular formula is C13H14BrF3N2O. The van der Waals surface area contributed by atoms with Crippen molar-refractivity contribution in [3.8, 4) is 0 Å². The number of amides is 1. The van der Waals surface area contributed by atoms with Crippen LogP contribution >= 0.6 is 15.9 Å². The SMILES string of the molecule is CN(C)C1CN(C(=O)c2ccc(C(F)(F)F)cc2Br)C1. The van der Waals surface area contributed by atoms with E-state index in [0.717, 1.165) is 12.1 Å². The summed E-state index contributed by atoms with van der Waals surface area (Å²) in [5.41, 5.74) is -0.508. The monoisotopic (exact) mass is 350 g/mol. The number of likely N-dealkylation sites (N-methyl/N-ethyl adjacent to an activating group) is 1. The molecule has 0 aromatic heterocycles. The fourth-order valence-electron chi connectivity index (χ4n) is 1.98. The molecule has 2 rings (SSSR count). The molecule has 0 N–H and O–H groups in total. The maximum absolute atomic E-state index is 12.6. The highest BCUT2D eigenvalue weighted by Crippen LogP contribution is 2.33. The van der Waals surface area contributed by atoms with E-state index < -0.39 is 11.7 Å². The number of nitrogens with zero attached hydrogens (tertiary/aromatic N) is 2. The molecule has 1 aliphatic heterocycles. The van der Waals surface area contributed by atoms with Gasteiger partial charge in [0.1, 0.15) is 0 Å². The van der Waals surface area contributed by atoms with E-state index in [2.05, 4.69) is 15.9 Å². The summed E-state index contributed by atoms with van der Waals surface area (Å²) in [4.78, 5) is 15.8. The number of hydrogen-bond donors (Lipinski definition) is 0. The van der Waals surface area contributed by atoms with Crippen molar-refractivity contribution in [1.82, 2.24) is 9.80 Å². The maximum atomic E-state index is 12.6. The fraction of sp³-hybridized carbons (Fsp3) is 0.462. The predicted octanol–water partition coefficient (Wildman–Crippen LogP) is 2.85. The number of carbonyl (C=O) groups is 1. The highest BCUT2D eigenvalue weighted by Gasteiger charge is 2.35. The van der Waals surface area contributed by atoms with Gasteiger partial charge in [-0.1, -0.05) is 0 Å². The van der Waals surface area contributed by atoms with Crippen molar-refractivity contribution >= 4 is 21.8 Å². The third kappa shape index (κ3) is 2.98. The highest BCUT2D eigenvalue weighted by molar-refractivity contribution is 9.10. The summed E-state index contributed by atoms with van der Waals surface area (Å²) >= 11 is 3.05. The van der Waals surface area contributed by atoms with E-state index in [1.165, 1.54) is 6.07 Å². The molecule has 1 fully saturated rings. The van der Waals surface area contributed by atoms with Gasteiger partial charge in [0, 0.05) is 23.6 Å². The molecule has 110 valence electrons. The zero-order chi connectivity index (χ0) is 15.1. The summed E-state index contributed by atoms with van der Waals surface area (Å²) in [6.07, 6.45) is -4.41. The summed E-state index contributed by atoms with van der Waals surface area (Å²) in [5, 5.41) is 0. The molecule has 7 heteroatoms. The van der Waals surface area contributed by atoms with Crippen LogP contribution in [0.4, 0.5) is 13.2 Å². The van der Waals surface area contributed by atoms with Crippen LogP contribution in [0.3, 0.4) is 0 Å². The number of rotatable bonds is 2. The largest absolute Gasteiger partial charge is 0.416 e. The Morgan fingerprint density at radius 3 is 2.40 bits per heavy atom. The van der Waals surface area contributed by atoms with E-state index in [0.29, 0.717) is 19.1 Å². The number of carbonyl (C=O) groups excluding carboxylic acids is 1. The third-order valence-corrected chi connectivity index (χ3v) is 4.06. The van der Waals surface area contributed by atoms with Crippen molar-refractivity contribution in [3.05, 3.63) is 33.8 Å². The average molecular weight is 351 g/mol. The van der Waals surface area contributed by atoms with Crippen molar-refractivity contribution in [2.45, 2.75) is 12.2 Å². The van der Waals surface area contributed by atoms with Crippen LogP contribution in [0.15, 0.2) is 22.7 Å². The molecule has 20 heavy (non-hydrogen) atoms. The van der Waals surface area contributed by atoms with Gasteiger partial charge in [0.05, 0.1) is 11.1 Å². The zero-order valence-electron chi connectivity index (χ0n) is 11.0. The van der Waals surface area contributed by atoms with Gasteiger partial charge >= 0.3 is 6.18 Å². The normalized spacial score (nSPS) is 16.4. The number of likely N-dealkylation sites (tertiary alicyclic amines) is 1. The average Bonchev–Trinajstić information content (AvgIpc) is 2.24. The van der Waals surface area contributed by atoms with Crippen molar-refractivity contribution in [2.24, 2.45) is 0 Å². The molecule has 0 atom stereocenters. The lowest BCUT2D eigenvalue weighted by Crippen LogP contribution is -2.59. The molecule has 1 aliphatic rings. The van der Waals surface area contributed by atoms with Crippen molar-refractivity contribution in [2.75, 3.05) is 27.2 Å². The summed E-state index contributed by atoms with van der Waals surface area (Å²) < 4.78 is 37.8. The first-order valence-corrected chi connectivity index (χ1v) is 6.82. The molecule has 1 saturated heterocycles. The van der Waals surface area contributed by atoms with Gasteiger partial charge in [-0.3, -0.25) is 4.79 Å². The summed E-state index contributed by atoms with van der Waals surface area (Å²) in [7, 11) is 3.86. The van der Waals surface area contributed by atoms with Crippen LogP contribution in [-0.4, -0.2) is 48.9 Å². The lowest BCUT2D eigenvalue weighted by atomic mass is 10.0.